The van der Waals surface area contributed by atoms with Crippen molar-refractivity contribution >= 4 is 10.9 Å². The number of fused-ring (bicyclic) bond motifs is 1. The lowest BCUT2D eigenvalue weighted by atomic mass is 10.0. The summed E-state index contributed by atoms with van der Waals surface area (Å²) in [4.78, 5) is 4.37. The van der Waals surface area contributed by atoms with Gasteiger partial charge in [-0.15, -0.1) is 0 Å². The summed E-state index contributed by atoms with van der Waals surface area (Å²) in [5.41, 5.74) is 2.45. The molecular weight excluding hydrogens is 244 g/mol. The van der Waals surface area contributed by atoms with E-state index in [0.717, 1.165) is 18.0 Å². The first kappa shape index (κ1) is 13.6. The van der Waals surface area contributed by atoms with Gasteiger partial charge in [0.1, 0.15) is 0 Å². The molecule has 0 amide bonds. The van der Waals surface area contributed by atoms with Crippen molar-refractivity contribution in [3.8, 4) is 0 Å². The highest BCUT2D eigenvalue weighted by atomic mass is 14.9. The Bertz CT molecular complexity index is 564. The lowest BCUT2D eigenvalue weighted by Crippen LogP contribution is -2.27. The van der Waals surface area contributed by atoms with Crippen LogP contribution < -0.4 is 5.32 Å². The molecule has 2 unspecified atom stereocenters. The fourth-order valence-electron chi connectivity index (χ4n) is 3.19. The average molecular weight is 268 g/mol. The zero-order valence-corrected chi connectivity index (χ0v) is 12.3. The SMILES string of the molecule is CC1CCCC(NCc2ccc3ncccc3c2)CC1. The highest BCUT2D eigenvalue weighted by molar-refractivity contribution is 5.78. The van der Waals surface area contributed by atoms with E-state index in [2.05, 4.69) is 41.5 Å². The molecule has 1 aromatic heterocycles. The van der Waals surface area contributed by atoms with Crippen molar-refractivity contribution in [1.82, 2.24) is 10.3 Å². The van der Waals surface area contributed by atoms with E-state index in [4.69, 9.17) is 0 Å². The monoisotopic (exact) mass is 268 g/mol. The summed E-state index contributed by atoms with van der Waals surface area (Å²) in [6, 6.07) is 11.4. The number of hydrogen-bond acceptors (Lipinski definition) is 2. The zero-order valence-electron chi connectivity index (χ0n) is 12.3. The van der Waals surface area contributed by atoms with Gasteiger partial charge >= 0.3 is 0 Å². The van der Waals surface area contributed by atoms with Crippen molar-refractivity contribution in [3.63, 3.8) is 0 Å². The zero-order chi connectivity index (χ0) is 13.8. The number of rotatable bonds is 3. The van der Waals surface area contributed by atoms with Crippen molar-refractivity contribution in [2.75, 3.05) is 0 Å². The van der Waals surface area contributed by atoms with Crippen molar-refractivity contribution < 1.29 is 0 Å². The quantitative estimate of drug-likeness (QED) is 0.840. The van der Waals surface area contributed by atoms with Gasteiger partial charge in [0, 0.05) is 24.2 Å². The molecule has 1 saturated carbocycles. The van der Waals surface area contributed by atoms with E-state index in [9.17, 15) is 0 Å². The summed E-state index contributed by atoms with van der Waals surface area (Å²) in [7, 11) is 0. The number of hydrogen-bond donors (Lipinski definition) is 1. The molecule has 1 fully saturated rings. The van der Waals surface area contributed by atoms with E-state index < -0.39 is 0 Å². The molecule has 1 aliphatic carbocycles. The third kappa shape index (κ3) is 3.37. The van der Waals surface area contributed by atoms with E-state index >= 15 is 0 Å². The topological polar surface area (TPSA) is 24.9 Å². The van der Waals surface area contributed by atoms with Crippen LogP contribution in [0.2, 0.25) is 0 Å². The highest BCUT2D eigenvalue weighted by Gasteiger charge is 2.15. The number of nitrogens with one attached hydrogen (secondary N) is 1. The van der Waals surface area contributed by atoms with Gasteiger partial charge in [-0.25, -0.2) is 0 Å². The van der Waals surface area contributed by atoms with Gasteiger partial charge in [-0.2, -0.15) is 0 Å². The first-order chi connectivity index (χ1) is 9.81. The Balaban J connectivity index is 1.61. The van der Waals surface area contributed by atoms with E-state index in [0.29, 0.717) is 6.04 Å². The molecule has 1 aliphatic rings. The Labute approximate surface area is 121 Å². The molecule has 2 atom stereocenters. The van der Waals surface area contributed by atoms with Gasteiger partial charge in [-0.05, 0) is 48.9 Å². The van der Waals surface area contributed by atoms with E-state index in [1.54, 1.807) is 0 Å². The predicted molar refractivity (Wildman–Crippen MR) is 84.6 cm³/mol. The standard InChI is InChI=1S/C18H24N2/c1-14-4-2-6-17(9-7-14)20-13-15-8-10-18-16(12-15)5-3-11-19-18/h3,5,8,10-12,14,17,20H,2,4,6-7,9,13H2,1H3. The predicted octanol–water partition coefficient (Wildman–Crippen LogP) is 4.29. The Morgan fingerprint density at radius 1 is 1.15 bits per heavy atom. The summed E-state index contributed by atoms with van der Waals surface area (Å²) in [5.74, 6) is 0.911. The average Bonchev–Trinajstić information content (AvgIpc) is 2.69. The Morgan fingerprint density at radius 3 is 3.05 bits per heavy atom. The maximum atomic E-state index is 4.37. The third-order valence-electron chi connectivity index (χ3n) is 4.52. The van der Waals surface area contributed by atoms with Crippen LogP contribution in [0.3, 0.4) is 0 Å². The van der Waals surface area contributed by atoms with Crippen molar-refractivity contribution in [3.05, 3.63) is 42.1 Å². The summed E-state index contributed by atoms with van der Waals surface area (Å²) in [5, 5.41) is 4.98. The van der Waals surface area contributed by atoms with Gasteiger partial charge < -0.3 is 5.32 Å². The minimum atomic E-state index is 0.699. The van der Waals surface area contributed by atoms with Gasteiger partial charge in [-0.1, -0.05) is 31.9 Å². The number of aromatic nitrogens is 1. The van der Waals surface area contributed by atoms with Crippen LogP contribution in [-0.4, -0.2) is 11.0 Å². The molecule has 0 radical (unpaired) electrons. The third-order valence-corrected chi connectivity index (χ3v) is 4.52. The fourth-order valence-corrected chi connectivity index (χ4v) is 3.19. The van der Waals surface area contributed by atoms with Crippen LogP contribution in [0.25, 0.3) is 10.9 Å². The maximum Gasteiger partial charge on any atom is 0.0702 e. The van der Waals surface area contributed by atoms with Crippen LogP contribution in [0, 0.1) is 5.92 Å². The van der Waals surface area contributed by atoms with E-state index in [1.807, 2.05) is 12.3 Å². The van der Waals surface area contributed by atoms with Gasteiger partial charge in [0.05, 0.1) is 5.52 Å². The van der Waals surface area contributed by atoms with Crippen molar-refractivity contribution in [2.45, 2.75) is 51.6 Å². The second kappa shape index (κ2) is 6.36. The molecule has 3 rings (SSSR count). The molecule has 2 heteroatoms. The van der Waals surface area contributed by atoms with Crippen LogP contribution in [0.15, 0.2) is 36.5 Å². The molecule has 1 heterocycles. The summed E-state index contributed by atoms with van der Waals surface area (Å²) < 4.78 is 0. The van der Waals surface area contributed by atoms with Crippen LogP contribution in [-0.2, 0) is 6.54 Å². The Hall–Kier alpha value is -1.41. The van der Waals surface area contributed by atoms with Gasteiger partial charge in [-0.3, -0.25) is 4.98 Å². The minimum absolute atomic E-state index is 0.699. The van der Waals surface area contributed by atoms with Crippen molar-refractivity contribution in [2.24, 2.45) is 5.92 Å². The summed E-state index contributed by atoms with van der Waals surface area (Å²) >= 11 is 0. The first-order valence-corrected chi connectivity index (χ1v) is 7.88. The molecule has 2 aromatic rings. The minimum Gasteiger partial charge on any atom is -0.310 e. The number of benzene rings is 1. The summed E-state index contributed by atoms with van der Waals surface area (Å²) in [6.45, 7) is 3.36. The molecule has 0 saturated heterocycles. The molecule has 0 spiro atoms. The molecule has 1 N–H and O–H groups in total. The normalized spacial score (nSPS) is 23.6. The Morgan fingerprint density at radius 2 is 2.10 bits per heavy atom. The molecular formula is C18H24N2. The molecule has 2 nitrogen and oxygen atoms in total. The van der Waals surface area contributed by atoms with E-state index in [-0.39, 0.29) is 0 Å². The fraction of sp³-hybridized carbons (Fsp3) is 0.500. The largest absolute Gasteiger partial charge is 0.310 e. The molecule has 0 bridgehead atoms. The lowest BCUT2D eigenvalue weighted by Gasteiger charge is -2.16. The summed E-state index contributed by atoms with van der Waals surface area (Å²) in [6.07, 6.45) is 8.67. The second-order valence-corrected chi connectivity index (χ2v) is 6.22. The first-order valence-electron chi connectivity index (χ1n) is 7.88. The van der Waals surface area contributed by atoms with Crippen LogP contribution >= 0.6 is 0 Å². The molecule has 106 valence electrons. The molecule has 1 aromatic carbocycles. The van der Waals surface area contributed by atoms with Crippen molar-refractivity contribution in [1.29, 1.82) is 0 Å². The smallest absolute Gasteiger partial charge is 0.0702 e. The van der Waals surface area contributed by atoms with Gasteiger partial charge in [0.25, 0.3) is 0 Å². The lowest BCUT2D eigenvalue weighted by molar-refractivity contribution is 0.447. The Kier molecular flexibility index (Phi) is 4.31. The second-order valence-electron chi connectivity index (χ2n) is 6.22. The van der Waals surface area contributed by atoms with Crippen LogP contribution in [0.4, 0.5) is 0 Å². The van der Waals surface area contributed by atoms with Gasteiger partial charge in [0.2, 0.25) is 0 Å². The maximum absolute atomic E-state index is 4.37. The highest BCUT2D eigenvalue weighted by Crippen LogP contribution is 2.23. The molecule has 20 heavy (non-hydrogen) atoms. The van der Waals surface area contributed by atoms with E-state index in [1.165, 1.54) is 43.1 Å². The number of pyridine rings is 1. The van der Waals surface area contributed by atoms with Gasteiger partial charge in [0.15, 0.2) is 0 Å². The number of nitrogens with zero attached hydrogens (tertiary/aromatic N) is 1. The van der Waals surface area contributed by atoms with Crippen LogP contribution in [0.5, 0.6) is 0 Å². The molecule has 0 aliphatic heterocycles. The van der Waals surface area contributed by atoms with Crippen LogP contribution in [0.1, 0.15) is 44.6 Å².